The molecule has 0 saturated heterocycles. The number of aliphatic hydroxyl groups is 3. The van der Waals surface area contributed by atoms with Crippen LogP contribution < -0.4 is 10.2 Å². The lowest BCUT2D eigenvalue weighted by molar-refractivity contribution is -0.265. The third-order valence-electron chi connectivity index (χ3n) is 7.04. The molecule has 1 aromatic rings. The van der Waals surface area contributed by atoms with Gasteiger partial charge in [0.15, 0.2) is 11.5 Å². The van der Waals surface area contributed by atoms with Gasteiger partial charge < -0.3 is 29.2 Å². The molecule has 0 bridgehead atoms. The molecule has 6 atom stereocenters. The Morgan fingerprint density at radius 3 is 2.23 bits per heavy atom. The number of aliphatic hydroxyl groups excluding tert-OH is 1. The van der Waals surface area contributed by atoms with Crippen LogP contribution in [0.3, 0.4) is 0 Å². The quantitative estimate of drug-likeness (QED) is 0.410. The summed E-state index contributed by atoms with van der Waals surface area (Å²) in [6, 6.07) is 0. The molecule has 1 fully saturated rings. The first-order valence-electron chi connectivity index (χ1n) is 11.6. The van der Waals surface area contributed by atoms with Gasteiger partial charge in [-0.1, -0.05) is 36.8 Å². The maximum absolute atomic E-state index is 12.4. The van der Waals surface area contributed by atoms with Gasteiger partial charge in [0.05, 0.1) is 18.8 Å². The summed E-state index contributed by atoms with van der Waals surface area (Å²) in [4.78, 5) is 24.0. The molecule has 0 unspecified atom stereocenters. The van der Waals surface area contributed by atoms with Gasteiger partial charge in [-0.05, 0) is 53.0 Å². The average molecular weight is 491 g/mol. The van der Waals surface area contributed by atoms with Crippen LogP contribution in [0.15, 0.2) is 39.1 Å². The lowest BCUT2D eigenvalue weighted by Gasteiger charge is -2.54. The smallest absolute Gasteiger partial charge is 0.303 e. The molecule has 1 aliphatic rings. The first kappa shape index (κ1) is 28.6. The third-order valence-corrected chi connectivity index (χ3v) is 7.04. The highest BCUT2D eigenvalue weighted by Gasteiger charge is 2.61. The van der Waals surface area contributed by atoms with Crippen molar-refractivity contribution in [3.8, 4) is 5.95 Å². The SMILES string of the molecule is COc1oc(/C(C)=C/C=C/C(C)=C/[C@@H]2[C@H](C)[C@@](C)(O)[C@@H](OC(C)=O)[C@@](C)(O)[C@H]2O)c(C)c(=O)c1C. The van der Waals surface area contributed by atoms with Gasteiger partial charge in [-0.2, -0.15) is 0 Å². The fourth-order valence-corrected chi connectivity index (χ4v) is 4.75. The van der Waals surface area contributed by atoms with E-state index in [0.717, 1.165) is 11.1 Å². The van der Waals surface area contributed by atoms with Crippen LogP contribution in [0.25, 0.3) is 5.57 Å². The summed E-state index contributed by atoms with van der Waals surface area (Å²) in [5.74, 6) is -1.18. The largest absolute Gasteiger partial charge is 0.468 e. The molecule has 8 nitrogen and oxygen atoms in total. The van der Waals surface area contributed by atoms with Crippen molar-refractivity contribution in [1.82, 2.24) is 0 Å². The Morgan fingerprint density at radius 2 is 1.69 bits per heavy atom. The second-order valence-electron chi connectivity index (χ2n) is 9.87. The fraction of sp³-hybridized carbons (Fsp3) is 0.556. The number of hydrogen-bond acceptors (Lipinski definition) is 8. The summed E-state index contributed by atoms with van der Waals surface area (Å²) < 4.78 is 16.1. The average Bonchev–Trinajstić information content (AvgIpc) is 2.77. The number of rotatable bonds is 6. The van der Waals surface area contributed by atoms with Gasteiger partial charge in [0.25, 0.3) is 5.95 Å². The van der Waals surface area contributed by atoms with Crippen LogP contribution in [-0.2, 0) is 9.53 Å². The second-order valence-corrected chi connectivity index (χ2v) is 9.87. The van der Waals surface area contributed by atoms with Gasteiger partial charge in [0.1, 0.15) is 17.0 Å². The zero-order valence-electron chi connectivity index (χ0n) is 22.0. The predicted octanol–water partition coefficient (Wildman–Crippen LogP) is 3.23. The van der Waals surface area contributed by atoms with Crippen LogP contribution >= 0.6 is 0 Å². The zero-order chi connectivity index (χ0) is 26.9. The van der Waals surface area contributed by atoms with E-state index >= 15 is 0 Å². The Labute approximate surface area is 206 Å². The van der Waals surface area contributed by atoms with Crippen molar-refractivity contribution in [1.29, 1.82) is 0 Å². The molecule has 3 N–H and O–H groups in total. The van der Waals surface area contributed by atoms with Gasteiger partial charge in [-0.3, -0.25) is 9.59 Å². The maximum atomic E-state index is 12.4. The van der Waals surface area contributed by atoms with Crippen molar-refractivity contribution in [2.24, 2.45) is 11.8 Å². The first-order valence-corrected chi connectivity index (χ1v) is 11.6. The number of allylic oxidation sites excluding steroid dienone is 5. The van der Waals surface area contributed by atoms with Crippen LogP contribution in [0.5, 0.6) is 5.95 Å². The fourth-order valence-electron chi connectivity index (χ4n) is 4.75. The van der Waals surface area contributed by atoms with E-state index in [1.54, 1.807) is 39.0 Å². The van der Waals surface area contributed by atoms with Crippen molar-refractivity contribution < 1.29 is 34.0 Å². The van der Waals surface area contributed by atoms with Crippen molar-refractivity contribution >= 4 is 11.5 Å². The molecular formula is C27H38O8. The molecule has 0 aliphatic heterocycles. The van der Waals surface area contributed by atoms with Crippen LogP contribution in [0.4, 0.5) is 0 Å². The topological polar surface area (TPSA) is 126 Å². The summed E-state index contributed by atoms with van der Waals surface area (Å²) in [7, 11) is 1.45. The van der Waals surface area contributed by atoms with Crippen LogP contribution in [0.2, 0.25) is 0 Å². The molecule has 194 valence electrons. The third kappa shape index (κ3) is 5.60. The van der Waals surface area contributed by atoms with Crippen LogP contribution in [-0.4, -0.2) is 51.8 Å². The Bertz CT molecular complexity index is 1080. The van der Waals surface area contributed by atoms with Crippen molar-refractivity contribution in [3.05, 3.63) is 57.0 Å². The molecule has 35 heavy (non-hydrogen) atoms. The molecule has 1 saturated carbocycles. The lowest BCUT2D eigenvalue weighted by Crippen LogP contribution is -2.70. The number of ether oxygens (including phenoxy) is 2. The molecule has 0 aromatic carbocycles. The van der Waals surface area contributed by atoms with Crippen LogP contribution in [0.1, 0.15) is 58.4 Å². The van der Waals surface area contributed by atoms with E-state index in [-0.39, 0.29) is 11.4 Å². The minimum absolute atomic E-state index is 0.137. The summed E-state index contributed by atoms with van der Waals surface area (Å²) >= 11 is 0. The summed E-state index contributed by atoms with van der Waals surface area (Å²) in [6.45, 7) is 12.8. The highest BCUT2D eigenvalue weighted by atomic mass is 16.6. The highest BCUT2D eigenvalue weighted by molar-refractivity contribution is 5.66. The number of esters is 1. The molecular weight excluding hydrogens is 452 g/mol. The van der Waals surface area contributed by atoms with Gasteiger partial charge in [-0.25, -0.2) is 0 Å². The molecule has 0 radical (unpaired) electrons. The number of carbonyl (C=O) groups is 1. The lowest BCUT2D eigenvalue weighted by atomic mass is 9.61. The molecule has 1 aliphatic carbocycles. The van der Waals surface area contributed by atoms with E-state index in [2.05, 4.69) is 0 Å². The first-order chi connectivity index (χ1) is 16.1. The molecule has 8 heteroatoms. The number of hydrogen-bond donors (Lipinski definition) is 3. The van der Waals surface area contributed by atoms with E-state index in [0.29, 0.717) is 16.9 Å². The normalized spacial score (nSPS) is 32.1. The number of methoxy groups -OCH3 is 1. The molecule has 1 heterocycles. The predicted molar refractivity (Wildman–Crippen MR) is 133 cm³/mol. The zero-order valence-corrected chi connectivity index (χ0v) is 22.0. The van der Waals surface area contributed by atoms with E-state index in [1.165, 1.54) is 27.9 Å². The van der Waals surface area contributed by atoms with Gasteiger partial charge >= 0.3 is 5.97 Å². The van der Waals surface area contributed by atoms with Gasteiger partial charge in [0.2, 0.25) is 0 Å². The summed E-state index contributed by atoms with van der Waals surface area (Å²) in [5, 5.41) is 33.0. The second kappa shape index (κ2) is 10.5. The summed E-state index contributed by atoms with van der Waals surface area (Å²) in [5.41, 5.74) is -1.16. The molecule has 0 amide bonds. The van der Waals surface area contributed by atoms with Gasteiger partial charge in [-0.15, -0.1) is 0 Å². The van der Waals surface area contributed by atoms with Crippen molar-refractivity contribution in [2.75, 3.05) is 7.11 Å². The highest BCUT2D eigenvalue weighted by Crippen LogP contribution is 2.45. The van der Waals surface area contributed by atoms with E-state index in [4.69, 9.17) is 13.9 Å². The number of carbonyl (C=O) groups excluding carboxylic acids is 1. The molecule has 2 rings (SSSR count). The monoisotopic (exact) mass is 490 g/mol. The molecule has 1 aromatic heterocycles. The Kier molecular flexibility index (Phi) is 8.58. The maximum Gasteiger partial charge on any atom is 0.303 e. The van der Waals surface area contributed by atoms with E-state index in [1.807, 2.05) is 19.9 Å². The standard InChI is InChI=1S/C27H38O8/c1-14(11-10-12-15(2)22-16(3)21(29)17(4)24(33-9)35-22)13-20-18(5)26(7,31)25(34-19(6)28)27(8,32)23(20)30/h10-13,18,20,23,25,30-32H,1-9H3/b11-10+,14-13+,15-12+/t18-,20+,23-,25+,26+,27-/m0/s1. The van der Waals surface area contributed by atoms with Crippen LogP contribution in [0, 0.1) is 25.7 Å². The van der Waals surface area contributed by atoms with E-state index < -0.39 is 41.2 Å². The van der Waals surface area contributed by atoms with Crippen molar-refractivity contribution in [3.63, 3.8) is 0 Å². The summed E-state index contributed by atoms with van der Waals surface area (Å²) in [6.07, 6.45) is 4.60. The minimum atomic E-state index is -1.86. The molecule has 0 spiro atoms. The van der Waals surface area contributed by atoms with Gasteiger partial charge in [0, 0.05) is 18.4 Å². The minimum Gasteiger partial charge on any atom is -0.468 e. The Balaban J connectivity index is 2.34. The Morgan fingerprint density at radius 1 is 1.09 bits per heavy atom. The van der Waals surface area contributed by atoms with E-state index in [9.17, 15) is 24.9 Å². The van der Waals surface area contributed by atoms with Crippen molar-refractivity contribution in [2.45, 2.75) is 78.8 Å². The Hall–Kier alpha value is -2.68.